The zero-order chi connectivity index (χ0) is 10.6. The lowest BCUT2D eigenvalue weighted by Gasteiger charge is -2.08. The number of hydrogen-bond acceptors (Lipinski definition) is 1. The Kier molecular flexibility index (Phi) is 4.31. The Labute approximate surface area is 88.9 Å². The van der Waals surface area contributed by atoms with Crippen molar-refractivity contribution in [1.29, 1.82) is 0 Å². The van der Waals surface area contributed by atoms with Crippen molar-refractivity contribution >= 4 is 15.0 Å². The molecule has 1 rings (SSSR count). The number of nitrogens with one attached hydrogen (secondary N) is 1. The average molecular weight is 207 g/mol. The van der Waals surface area contributed by atoms with Crippen LogP contribution in [-0.2, 0) is 6.42 Å². The van der Waals surface area contributed by atoms with E-state index in [2.05, 4.69) is 46.2 Å². The van der Waals surface area contributed by atoms with Gasteiger partial charge in [0, 0.05) is 6.54 Å². The van der Waals surface area contributed by atoms with Crippen molar-refractivity contribution in [2.75, 3.05) is 6.54 Å². The Balaban J connectivity index is 2.84. The largest absolute Gasteiger partial charge is 0.300 e. The molecule has 1 aromatic rings. The van der Waals surface area contributed by atoms with Gasteiger partial charge in [-0.25, -0.2) is 0 Å². The van der Waals surface area contributed by atoms with Gasteiger partial charge in [0.15, 0.2) is 0 Å². The van der Waals surface area contributed by atoms with Crippen molar-refractivity contribution in [3.05, 3.63) is 41.5 Å². The maximum absolute atomic E-state index is 3.94. The van der Waals surface area contributed by atoms with Crippen LogP contribution in [0.2, 0.25) is 0 Å². The fourth-order valence-electron chi connectivity index (χ4n) is 1.45. The van der Waals surface area contributed by atoms with Gasteiger partial charge < -0.3 is 5.09 Å². The summed E-state index contributed by atoms with van der Waals surface area (Å²) in [5, 5.41) is 3.08. The second kappa shape index (κ2) is 5.29. The van der Waals surface area contributed by atoms with Gasteiger partial charge in [-0.2, -0.15) is 0 Å². The van der Waals surface area contributed by atoms with E-state index in [4.69, 9.17) is 0 Å². The van der Waals surface area contributed by atoms with Crippen LogP contribution in [0.4, 0.5) is 0 Å². The smallest absolute Gasteiger partial charge is 0.00262 e. The SMILES string of the molecule is C=C(C)c1ccc(CCNP)c(C)c1. The van der Waals surface area contributed by atoms with E-state index in [-0.39, 0.29) is 0 Å². The highest BCUT2D eigenvalue weighted by molar-refractivity contribution is 7.13. The van der Waals surface area contributed by atoms with Crippen molar-refractivity contribution in [1.82, 2.24) is 5.09 Å². The number of hydrogen-bond donors (Lipinski definition) is 1. The van der Waals surface area contributed by atoms with Crippen molar-refractivity contribution in [2.24, 2.45) is 0 Å². The molecule has 2 heteroatoms. The maximum atomic E-state index is 3.94. The molecule has 0 aromatic heterocycles. The molecule has 0 bridgehead atoms. The van der Waals surface area contributed by atoms with Gasteiger partial charge in [0.25, 0.3) is 0 Å². The molecule has 1 aromatic carbocycles. The summed E-state index contributed by atoms with van der Waals surface area (Å²) in [6, 6.07) is 6.55. The van der Waals surface area contributed by atoms with Crippen LogP contribution in [0.1, 0.15) is 23.6 Å². The summed E-state index contributed by atoms with van der Waals surface area (Å²) in [4.78, 5) is 0. The van der Waals surface area contributed by atoms with Crippen LogP contribution in [0.5, 0.6) is 0 Å². The normalized spacial score (nSPS) is 10.2. The molecule has 0 spiro atoms. The maximum Gasteiger partial charge on any atom is 0.00262 e. The molecule has 14 heavy (non-hydrogen) atoms. The van der Waals surface area contributed by atoms with E-state index in [0.29, 0.717) is 0 Å². The molecule has 0 aliphatic carbocycles. The number of aryl methyl sites for hydroxylation is 1. The summed E-state index contributed by atoms with van der Waals surface area (Å²) in [5.41, 5.74) is 5.13. The molecule has 1 unspecified atom stereocenters. The van der Waals surface area contributed by atoms with E-state index in [1.807, 2.05) is 6.92 Å². The highest BCUT2D eigenvalue weighted by Crippen LogP contribution is 2.16. The zero-order valence-electron chi connectivity index (χ0n) is 8.93. The molecular formula is C12H18NP. The first kappa shape index (κ1) is 11.4. The summed E-state index contributed by atoms with van der Waals surface area (Å²) in [7, 11) is 2.53. The van der Waals surface area contributed by atoms with Gasteiger partial charge in [-0.1, -0.05) is 39.7 Å². The first-order valence-corrected chi connectivity index (χ1v) is 5.41. The quantitative estimate of drug-likeness (QED) is 0.748. The first-order chi connectivity index (χ1) is 6.65. The van der Waals surface area contributed by atoms with Crippen LogP contribution in [0, 0.1) is 6.92 Å². The van der Waals surface area contributed by atoms with Crippen molar-refractivity contribution in [3.8, 4) is 0 Å². The lowest BCUT2D eigenvalue weighted by molar-refractivity contribution is 0.901. The number of benzene rings is 1. The van der Waals surface area contributed by atoms with E-state index in [1.165, 1.54) is 16.7 Å². The minimum absolute atomic E-state index is 0.998. The first-order valence-electron chi connectivity index (χ1n) is 4.84. The van der Waals surface area contributed by atoms with E-state index in [0.717, 1.165) is 18.5 Å². The van der Waals surface area contributed by atoms with E-state index < -0.39 is 0 Å². The Morgan fingerprint density at radius 3 is 2.71 bits per heavy atom. The van der Waals surface area contributed by atoms with Crippen molar-refractivity contribution in [2.45, 2.75) is 20.3 Å². The number of rotatable bonds is 4. The van der Waals surface area contributed by atoms with Crippen LogP contribution in [0.15, 0.2) is 24.8 Å². The van der Waals surface area contributed by atoms with Crippen LogP contribution in [-0.4, -0.2) is 6.54 Å². The van der Waals surface area contributed by atoms with E-state index >= 15 is 0 Å². The number of allylic oxidation sites excluding steroid dienone is 1. The highest BCUT2D eigenvalue weighted by atomic mass is 31.0. The molecule has 0 heterocycles. The van der Waals surface area contributed by atoms with E-state index in [9.17, 15) is 0 Å². The fourth-order valence-corrected chi connectivity index (χ4v) is 1.59. The summed E-state index contributed by atoms with van der Waals surface area (Å²) in [6.07, 6.45) is 1.08. The molecule has 1 atom stereocenters. The predicted molar refractivity (Wildman–Crippen MR) is 67.3 cm³/mol. The standard InChI is InChI=1S/C12H18NP/c1-9(2)12-5-4-11(6-7-13-14)10(3)8-12/h4-5,8,13H,1,6-7,14H2,2-3H3. The van der Waals surface area contributed by atoms with Crippen LogP contribution >= 0.6 is 9.39 Å². The molecule has 1 nitrogen and oxygen atoms in total. The lowest BCUT2D eigenvalue weighted by Crippen LogP contribution is -2.05. The van der Waals surface area contributed by atoms with Gasteiger partial charge >= 0.3 is 0 Å². The minimum atomic E-state index is 0.998. The Morgan fingerprint density at radius 1 is 1.50 bits per heavy atom. The van der Waals surface area contributed by atoms with Gasteiger partial charge in [0.2, 0.25) is 0 Å². The third-order valence-electron chi connectivity index (χ3n) is 2.37. The second-order valence-corrected chi connectivity index (χ2v) is 4.03. The Morgan fingerprint density at radius 2 is 2.21 bits per heavy atom. The molecule has 0 saturated heterocycles. The monoisotopic (exact) mass is 207 g/mol. The van der Waals surface area contributed by atoms with Crippen LogP contribution in [0.3, 0.4) is 0 Å². The van der Waals surface area contributed by atoms with Gasteiger partial charge in [-0.3, -0.25) is 0 Å². The summed E-state index contributed by atoms with van der Waals surface area (Å²) in [6.45, 7) is 9.14. The predicted octanol–water partition coefficient (Wildman–Crippen LogP) is 2.95. The third-order valence-corrected chi connectivity index (χ3v) is 2.66. The molecule has 0 saturated carbocycles. The van der Waals surface area contributed by atoms with Gasteiger partial charge in [0.05, 0.1) is 0 Å². The molecular weight excluding hydrogens is 189 g/mol. The average Bonchev–Trinajstić information content (AvgIpc) is 2.15. The molecule has 0 radical (unpaired) electrons. The molecule has 0 amide bonds. The third kappa shape index (κ3) is 2.94. The Hall–Kier alpha value is -0.650. The molecule has 0 aliphatic rings. The molecule has 0 aliphatic heterocycles. The Bertz CT molecular complexity index is 331. The van der Waals surface area contributed by atoms with Gasteiger partial charge in [-0.15, -0.1) is 0 Å². The molecule has 76 valence electrons. The van der Waals surface area contributed by atoms with Crippen LogP contribution < -0.4 is 5.09 Å². The summed E-state index contributed by atoms with van der Waals surface area (Å²) < 4.78 is 0. The topological polar surface area (TPSA) is 12.0 Å². The fraction of sp³-hybridized carbons (Fsp3) is 0.333. The van der Waals surface area contributed by atoms with Crippen LogP contribution in [0.25, 0.3) is 5.57 Å². The molecule has 1 N–H and O–H groups in total. The molecule has 0 fully saturated rings. The van der Waals surface area contributed by atoms with Gasteiger partial charge in [-0.05, 0) is 37.0 Å². The van der Waals surface area contributed by atoms with E-state index in [1.54, 1.807) is 0 Å². The van der Waals surface area contributed by atoms with Crippen molar-refractivity contribution < 1.29 is 0 Å². The van der Waals surface area contributed by atoms with Gasteiger partial charge in [0.1, 0.15) is 0 Å². The summed E-state index contributed by atoms with van der Waals surface area (Å²) >= 11 is 0. The minimum Gasteiger partial charge on any atom is -0.300 e. The summed E-state index contributed by atoms with van der Waals surface area (Å²) in [5.74, 6) is 0. The highest BCUT2D eigenvalue weighted by Gasteiger charge is 1.99. The zero-order valence-corrected chi connectivity index (χ0v) is 10.1. The van der Waals surface area contributed by atoms with Crippen molar-refractivity contribution in [3.63, 3.8) is 0 Å². The lowest BCUT2D eigenvalue weighted by atomic mass is 10.00. The second-order valence-electron chi connectivity index (χ2n) is 3.63.